The van der Waals surface area contributed by atoms with Crippen LogP contribution in [0.1, 0.15) is 44.5 Å². The van der Waals surface area contributed by atoms with Crippen LogP contribution in [0.2, 0.25) is 0 Å². The van der Waals surface area contributed by atoms with Crippen molar-refractivity contribution >= 4 is 0 Å². The van der Waals surface area contributed by atoms with E-state index in [0.29, 0.717) is 0 Å². The van der Waals surface area contributed by atoms with Crippen molar-refractivity contribution in [1.82, 2.24) is 14.9 Å². The molecule has 2 N–H and O–H groups in total. The number of aliphatic hydroxyl groups is 1. The van der Waals surface area contributed by atoms with Gasteiger partial charge in [-0.3, -0.25) is 0 Å². The number of rotatable bonds is 6. The Morgan fingerprint density at radius 2 is 2.22 bits per heavy atom. The second kappa shape index (κ2) is 5.85. The third-order valence-electron chi connectivity index (χ3n) is 3.78. The molecular formula is C14H25N3O. The standard InChI is InChI=1S/C14H25N3O/c1-3-8-16-14(2,10-18)9-17-11-15-12-6-4-5-7-13(12)17/h11,16,18H,3-10H2,1-2H3. The summed E-state index contributed by atoms with van der Waals surface area (Å²) in [4.78, 5) is 4.51. The van der Waals surface area contributed by atoms with Gasteiger partial charge < -0.3 is 15.0 Å². The molecule has 4 heteroatoms. The first-order chi connectivity index (χ1) is 8.68. The summed E-state index contributed by atoms with van der Waals surface area (Å²) in [6.45, 7) is 6.11. The van der Waals surface area contributed by atoms with E-state index < -0.39 is 0 Å². The summed E-state index contributed by atoms with van der Waals surface area (Å²) in [5.74, 6) is 0. The largest absolute Gasteiger partial charge is 0.394 e. The summed E-state index contributed by atoms with van der Waals surface area (Å²) in [6.07, 6.45) is 7.78. The number of hydrogen-bond acceptors (Lipinski definition) is 3. The van der Waals surface area contributed by atoms with Crippen LogP contribution in [-0.4, -0.2) is 33.3 Å². The molecule has 4 nitrogen and oxygen atoms in total. The van der Waals surface area contributed by atoms with Crippen LogP contribution in [-0.2, 0) is 19.4 Å². The van der Waals surface area contributed by atoms with E-state index in [4.69, 9.17) is 0 Å². The molecule has 0 radical (unpaired) electrons. The fraction of sp³-hybridized carbons (Fsp3) is 0.786. The first kappa shape index (κ1) is 13.6. The number of aliphatic hydroxyl groups excluding tert-OH is 1. The van der Waals surface area contributed by atoms with Crippen LogP contribution >= 0.6 is 0 Å². The molecule has 1 aromatic rings. The van der Waals surface area contributed by atoms with E-state index in [9.17, 15) is 5.11 Å². The lowest BCUT2D eigenvalue weighted by atomic mass is 9.99. The van der Waals surface area contributed by atoms with Crippen LogP contribution in [0.15, 0.2) is 6.33 Å². The van der Waals surface area contributed by atoms with Crippen LogP contribution in [0.5, 0.6) is 0 Å². The quantitative estimate of drug-likeness (QED) is 0.806. The topological polar surface area (TPSA) is 50.1 Å². The van der Waals surface area contributed by atoms with E-state index in [-0.39, 0.29) is 12.1 Å². The molecule has 1 aliphatic rings. The predicted molar refractivity (Wildman–Crippen MR) is 72.7 cm³/mol. The molecule has 0 aliphatic heterocycles. The molecule has 0 bridgehead atoms. The van der Waals surface area contributed by atoms with Crippen LogP contribution < -0.4 is 5.32 Å². The molecule has 1 aliphatic carbocycles. The zero-order valence-corrected chi connectivity index (χ0v) is 11.6. The summed E-state index contributed by atoms with van der Waals surface area (Å²) in [7, 11) is 0. The average Bonchev–Trinajstić information content (AvgIpc) is 2.80. The fourth-order valence-electron chi connectivity index (χ4n) is 2.63. The summed E-state index contributed by atoms with van der Waals surface area (Å²) in [5, 5.41) is 13.1. The van der Waals surface area contributed by atoms with E-state index in [0.717, 1.165) is 32.4 Å². The number of aromatic nitrogens is 2. The van der Waals surface area contributed by atoms with Gasteiger partial charge in [0, 0.05) is 12.2 Å². The molecule has 0 amide bonds. The van der Waals surface area contributed by atoms with Gasteiger partial charge in [0.1, 0.15) is 0 Å². The SMILES string of the molecule is CCCNC(C)(CO)Cn1cnc2c1CCCC2. The zero-order valence-electron chi connectivity index (χ0n) is 11.6. The van der Waals surface area contributed by atoms with Crippen molar-refractivity contribution in [2.24, 2.45) is 0 Å². The highest BCUT2D eigenvalue weighted by molar-refractivity contribution is 5.16. The monoisotopic (exact) mass is 251 g/mol. The van der Waals surface area contributed by atoms with Crippen molar-refractivity contribution < 1.29 is 5.11 Å². The van der Waals surface area contributed by atoms with Crippen molar-refractivity contribution in [3.63, 3.8) is 0 Å². The molecule has 0 fully saturated rings. The van der Waals surface area contributed by atoms with Gasteiger partial charge in [-0.15, -0.1) is 0 Å². The molecule has 1 unspecified atom stereocenters. The van der Waals surface area contributed by atoms with Crippen LogP contribution in [0.25, 0.3) is 0 Å². The molecular weight excluding hydrogens is 226 g/mol. The van der Waals surface area contributed by atoms with Crippen molar-refractivity contribution in [3.8, 4) is 0 Å². The van der Waals surface area contributed by atoms with Gasteiger partial charge in [-0.1, -0.05) is 6.92 Å². The maximum atomic E-state index is 9.62. The molecule has 0 spiro atoms. The second-order valence-corrected chi connectivity index (χ2v) is 5.62. The van der Waals surface area contributed by atoms with Gasteiger partial charge in [0.2, 0.25) is 0 Å². The third kappa shape index (κ3) is 2.93. The molecule has 102 valence electrons. The maximum Gasteiger partial charge on any atom is 0.0952 e. The fourth-order valence-corrected chi connectivity index (χ4v) is 2.63. The lowest BCUT2D eigenvalue weighted by Crippen LogP contribution is -2.49. The van der Waals surface area contributed by atoms with E-state index in [1.807, 2.05) is 6.33 Å². The Morgan fingerprint density at radius 1 is 1.44 bits per heavy atom. The zero-order chi connectivity index (χ0) is 13.0. The van der Waals surface area contributed by atoms with Crippen LogP contribution in [0.3, 0.4) is 0 Å². The van der Waals surface area contributed by atoms with Gasteiger partial charge in [-0.25, -0.2) is 4.98 Å². The minimum atomic E-state index is -0.248. The minimum Gasteiger partial charge on any atom is -0.394 e. The number of imidazole rings is 1. The van der Waals surface area contributed by atoms with E-state index in [1.165, 1.54) is 24.2 Å². The number of nitrogens with one attached hydrogen (secondary N) is 1. The Morgan fingerprint density at radius 3 is 2.94 bits per heavy atom. The lowest BCUT2D eigenvalue weighted by molar-refractivity contribution is 0.156. The highest BCUT2D eigenvalue weighted by Crippen LogP contribution is 2.21. The van der Waals surface area contributed by atoms with Gasteiger partial charge in [0.25, 0.3) is 0 Å². The lowest BCUT2D eigenvalue weighted by Gasteiger charge is -2.30. The van der Waals surface area contributed by atoms with Gasteiger partial charge in [0.15, 0.2) is 0 Å². The number of aryl methyl sites for hydroxylation is 1. The molecule has 1 aromatic heterocycles. The summed E-state index contributed by atoms with van der Waals surface area (Å²) in [6, 6.07) is 0. The number of hydrogen-bond donors (Lipinski definition) is 2. The van der Waals surface area contributed by atoms with E-state index in [2.05, 4.69) is 28.7 Å². The van der Waals surface area contributed by atoms with Crippen molar-refractivity contribution in [1.29, 1.82) is 0 Å². The Labute approximate surface area is 109 Å². The van der Waals surface area contributed by atoms with Crippen molar-refractivity contribution in [2.45, 2.75) is 58.0 Å². The summed E-state index contributed by atoms with van der Waals surface area (Å²) in [5.41, 5.74) is 2.39. The molecule has 0 saturated heterocycles. The Balaban J connectivity index is 2.09. The third-order valence-corrected chi connectivity index (χ3v) is 3.78. The van der Waals surface area contributed by atoms with Gasteiger partial charge in [-0.2, -0.15) is 0 Å². The Bertz CT molecular complexity index is 388. The molecule has 0 saturated carbocycles. The van der Waals surface area contributed by atoms with Gasteiger partial charge >= 0.3 is 0 Å². The first-order valence-electron chi connectivity index (χ1n) is 7.07. The van der Waals surface area contributed by atoms with E-state index in [1.54, 1.807) is 0 Å². The normalized spacial score (nSPS) is 18.4. The highest BCUT2D eigenvalue weighted by atomic mass is 16.3. The van der Waals surface area contributed by atoms with Gasteiger partial charge in [0.05, 0.1) is 24.2 Å². The number of nitrogens with zero attached hydrogens (tertiary/aromatic N) is 2. The van der Waals surface area contributed by atoms with Crippen molar-refractivity contribution in [2.75, 3.05) is 13.2 Å². The van der Waals surface area contributed by atoms with Gasteiger partial charge in [-0.05, 0) is 45.6 Å². The maximum absolute atomic E-state index is 9.62. The minimum absolute atomic E-state index is 0.153. The van der Waals surface area contributed by atoms with Crippen molar-refractivity contribution in [3.05, 3.63) is 17.7 Å². The molecule has 1 atom stereocenters. The molecule has 18 heavy (non-hydrogen) atoms. The summed E-state index contributed by atoms with van der Waals surface area (Å²) >= 11 is 0. The van der Waals surface area contributed by atoms with E-state index >= 15 is 0 Å². The molecule has 2 rings (SSSR count). The average molecular weight is 251 g/mol. The number of fused-ring (bicyclic) bond motifs is 1. The predicted octanol–water partition coefficient (Wildman–Crippen LogP) is 1.51. The Hall–Kier alpha value is -0.870. The summed E-state index contributed by atoms with van der Waals surface area (Å²) < 4.78 is 2.23. The van der Waals surface area contributed by atoms with Crippen LogP contribution in [0, 0.1) is 0 Å². The molecule has 1 heterocycles. The Kier molecular flexibility index (Phi) is 4.40. The first-order valence-corrected chi connectivity index (χ1v) is 7.07. The molecule has 0 aromatic carbocycles. The highest BCUT2D eigenvalue weighted by Gasteiger charge is 2.25. The second-order valence-electron chi connectivity index (χ2n) is 5.62. The van der Waals surface area contributed by atoms with Crippen LogP contribution in [0.4, 0.5) is 0 Å². The smallest absolute Gasteiger partial charge is 0.0952 e.